The summed E-state index contributed by atoms with van der Waals surface area (Å²) >= 11 is 0. The van der Waals surface area contributed by atoms with E-state index in [1.54, 1.807) is 0 Å². The average molecular weight is 304 g/mol. The second kappa shape index (κ2) is 6.48. The number of sulfonamides is 1. The van der Waals surface area contributed by atoms with Gasteiger partial charge in [-0.3, -0.25) is 9.89 Å². The van der Waals surface area contributed by atoms with Gasteiger partial charge >= 0.3 is 5.97 Å². The fourth-order valence-corrected chi connectivity index (χ4v) is 2.57. The Kier molecular flexibility index (Phi) is 5.22. The van der Waals surface area contributed by atoms with Crippen molar-refractivity contribution in [3.63, 3.8) is 0 Å². The first-order chi connectivity index (χ1) is 9.30. The lowest BCUT2D eigenvalue weighted by atomic mass is 10.4. The summed E-state index contributed by atoms with van der Waals surface area (Å²) in [5, 5.41) is 16.4. The number of carboxylic acid groups (broad SMARTS) is 1. The molecule has 112 valence electrons. The van der Waals surface area contributed by atoms with Crippen LogP contribution < -0.4 is 5.32 Å². The SMILES string of the molecule is CCCNC(=O)CN(C)S(=O)(=O)c1[nH]ncc1C(=O)O. The number of aromatic nitrogens is 2. The molecule has 1 aromatic heterocycles. The van der Waals surface area contributed by atoms with E-state index in [1.165, 1.54) is 7.05 Å². The molecule has 0 spiro atoms. The molecule has 1 heterocycles. The van der Waals surface area contributed by atoms with Crippen molar-refractivity contribution >= 4 is 21.9 Å². The van der Waals surface area contributed by atoms with Crippen molar-refractivity contribution < 1.29 is 23.1 Å². The van der Waals surface area contributed by atoms with E-state index < -0.39 is 39.0 Å². The molecule has 0 saturated carbocycles. The average Bonchev–Trinajstić information content (AvgIpc) is 2.86. The minimum atomic E-state index is -4.12. The van der Waals surface area contributed by atoms with Gasteiger partial charge in [0.1, 0.15) is 5.56 Å². The number of carbonyl (C=O) groups is 2. The number of nitrogens with one attached hydrogen (secondary N) is 2. The van der Waals surface area contributed by atoms with E-state index in [0.717, 1.165) is 16.9 Å². The number of likely N-dealkylation sites (N-methyl/N-ethyl adjacent to an activating group) is 1. The highest BCUT2D eigenvalue weighted by Crippen LogP contribution is 2.16. The van der Waals surface area contributed by atoms with Crippen molar-refractivity contribution in [2.75, 3.05) is 20.1 Å². The number of carbonyl (C=O) groups excluding carboxylic acids is 1. The number of amides is 1. The summed E-state index contributed by atoms with van der Waals surface area (Å²) in [6.07, 6.45) is 1.63. The van der Waals surface area contributed by atoms with Gasteiger partial charge in [0.25, 0.3) is 10.0 Å². The molecule has 0 atom stereocenters. The Morgan fingerprint density at radius 3 is 2.70 bits per heavy atom. The van der Waals surface area contributed by atoms with Gasteiger partial charge in [0.05, 0.1) is 12.7 Å². The molecule has 0 radical (unpaired) electrons. The van der Waals surface area contributed by atoms with Crippen LogP contribution in [-0.4, -0.2) is 60.0 Å². The van der Waals surface area contributed by atoms with Crippen LogP contribution in [0.25, 0.3) is 0 Å². The van der Waals surface area contributed by atoms with Crippen LogP contribution in [0.2, 0.25) is 0 Å². The lowest BCUT2D eigenvalue weighted by Gasteiger charge is -2.15. The maximum atomic E-state index is 12.1. The van der Waals surface area contributed by atoms with Crippen molar-refractivity contribution in [2.45, 2.75) is 18.4 Å². The lowest BCUT2D eigenvalue weighted by molar-refractivity contribution is -0.121. The highest BCUT2D eigenvalue weighted by molar-refractivity contribution is 7.89. The van der Waals surface area contributed by atoms with Gasteiger partial charge in [-0.2, -0.15) is 9.40 Å². The van der Waals surface area contributed by atoms with E-state index in [2.05, 4.69) is 15.5 Å². The van der Waals surface area contributed by atoms with Gasteiger partial charge in [0, 0.05) is 13.6 Å². The fourth-order valence-electron chi connectivity index (χ4n) is 1.39. The predicted octanol–water partition coefficient (Wildman–Crippen LogP) is -0.745. The van der Waals surface area contributed by atoms with Crippen LogP contribution in [0, 0.1) is 0 Å². The summed E-state index contributed by atoms with van der Waals surface area (Å²) in [6, 6.07) is 0. The molecule has 0 saturated heterocycles. The molecular weight excluding hydrogens is 288 g/mol. The van der Waals surface area contributed by atoms with Crippen LogP contribution in [0.15, 0.2) is 11.2 Å². The number of H-pyrrole nitrogens is 1. The van der Waals surface area contributed by atoms with E-state index >= 15 is 0 Å². The van der Waals surface area contributed by atoms with Crippen LogP contribution in [-0.2, 0) is 14.8 Å². The summed E-state index contributed by atoms with van der Waals surface area (Å²) in [7, 11) is -2.93. The van der Waals surface area contributed by atoms with Gasteiger partial charge in [0.15, 0.2) is 5.03 Å². The zero-order valence-electron chi connectivity index (χ0n) is 11.1. The molecule has 10 heteroatoms. The second-order valence-corrected chi connectivity index (χ2v) is 6.01. The summed E-state index contributed by atoms with van der Waals surface area (Å²) in [5.74, 6) is -1.88. The smallest absolute Gasteiger partial charge is 0.340 e. The number of aromatic carboxylic acids is 1. The number of nitrogens with zero attached hydrogens (tertiary/aromatic N) is 2. The third kappa shape index (κ3) is 3.54. The summed E-state index contributed by atoms with van der Waals surface area (Å²) in [4.78, 5) is 22.4. The van der Waals surface area contributed by atoms with Crippen LogP contribution in [0.5, 0.6) is 0 Å². The standard InChI is InChI=1S/C10H16N4O5S/c1-3-4-11-8(15)6-14(2)20(18,19)9-7(10(16)17)5-12-13-9/h5H,3-4,6H2,1-2H3,(H,11,15)(H,12,13)(H,16,17). The minimum absolute atomic E-state index is 0.402. The molecule has 1 aromatic rings. The van der Waals surface area contributed by atoms with Crippen molar-refractivity contribution in [1.82, 2.24) is 19.8 Å². The molecule has 1 amide bonds. The van der Waals surface area contributed by atoms with Crippen molar-refractivity contribution in [3.05, 3.63) is 11.8 Å². The predicted molar refractivity (Wildman–Crippen MR) is 68.7 cm³/mol. The fraction of sp³-hybridized carbons (Fsp3) is 0.500. The highest BCUT2D eigenvalue weighted by atomic mass is 32.2. The summed E-state index contributed by atoms with van der Waals surface area (Å²) in [6.45, 7) is 1.90. The van der Waals surface area contributed by atoms with Crippen LogP contribution in [0.3, 0.4) is 0 Å². The third-order valence-electron chi connectivity index (χ3n) is 2.44. The van der Waals surface area contributed by atoms with Crippen LogP contribution in [0.1, 0.15) is 23.7 Å². The Morgan fingerprint density at radius 2 is 2.15 bits per heavy atom. The van der Waals surface area contributed by atoms with Gasteiger partial charge in [-0.1, -0.05) is 6.92 Å². The van der Waals surface area contributed by atoms with E-state index in [9.17, 15) is 18.0 Å². The quantitative estimate of drug-likeness (QED) is 0.607. The molecule has 0 fully saturated rings. The first kappa shape index (κ1) is 16.1. The molecule has 0 bridgehead atoms. The summed E-state index contributed by atoms with van der Waals surface area (Å²) in [5.41, 5.74) is -0.467. The maximum Gasteiger partial charge on any atom is 0.340 e. The van der Waals surface area contributed by atoms with Gasteiger partial charge < -0.3 is 10.4 Å². The second-order valence-electron chi connectivity index (χ2n) is 4.03. The highest BCUT2D eigenvalue weighted by Gasteiger charge is 2.29. The lowest BCUT2D eigenvalue weighted by Crippen LogP contribution is -2.39. The van der Waals surface area contributed by atoms with Crippen molar-refractivity contribution in [3.8, 4) is 0 Å². The van der Waals surface area contributed by atoms with Gasteiger partial charge in [-0.05, 0) is 6.42 Å². The van der Waals surface area contributed by atoms with E-state index in [0.29, 0.717) is 6.54 Å². The zero-order valence-corrected chi connectivity index (χ0v) is 11.9. The van der Waals surface area contributed by atoms with Crippen LogP contribution >= 0.6 is 0 Å². The Hall–Kier alpha value is -1.94. The Labute approximate surface area is 116 Å². The van der Waals surface area contributed by atoms with Crippen molar-refractivity contribution in [1.29, 1.82) is 0 Å². The molecular formula is C10H16N4O5S. The van der Waals surface area contributed by atoms with E-state index in [-0.39, 0.29) is 0 Å². The number of hydrogen-bond acceptors (Lipinski definition) is 5. The number of hydrogen-bond donors (Lipinski definition) is 3. The monoisotopic (exact) mass is 304 g/mol. The molecule has 0 aliphatic carbocycles. The van der Waals surface area contributed by atoms with Crippen LogP contribution in [0.4, 0.5) is 0 Å². The van der Waals surface area contributed by atoms with Crippen molar-refractivity contribution in [2.24, 2.45) is 0 Å². The molecule has 20 heavy (non-hydrogen) atoms. The molecule has 0 aliphatic heterocycles. The zero-order chi connectivity index (χ0) is 15.3. The first-order valence-corrected chi connectivity index (χ1v) is 7.24. The Bertz CT molecular complexity index is 595. The normalized spacial score (nSPS) is 11.6. The number of rotatable bonds is 7. The first-order valence-electron chi connectivity index (χ1n) is 5.80. The molecule has 0 unspecified atom stereocenters. The summed E-state index contributed by atoms with van der Waals surface area (Å²) < 4.78 is 25.0. The Balaban J connectivity index is 2.90. The molecule has 0 aliphatic rings. The largest absolute Gasteiger partial charge is 0.478 e. The van der Waals surface area contributed by atoms with Gasteiger partial charge in [-0.15, -0.1) is 0 Å². The molecule has 1 rings (SSSR count). The number of aromatic amines is 1. The van der Waals surface area contributed by atoms with Gasteiger partial charge in [0.2, 0.25) is 5.91 Å². The van der Waals surface area contributed by atoms with E-state index in [4.69, 9.17) is 5.11 Å². The van der Waals surface area contributed by atoms with Gasteiger partial charge in [-0.25, -0.2) is 13.2 Å². The minimum Gasteiger partial charge on any atom is -0.478 e. The van der Waals surface area contributed by atoms with E-state index in [1.807, 2.05) is 6.92 Å². The number of carboxylic acids is 1. The molecule has 9 nitrogen and oxygen atoms in total. The topological polar surface area (TPSA) is 132 Å². The maximum absolute atomic E-state index is 12.1. The Morgan fingerprint density at radius 1 is 1.50 bits per heavy atom. The molecule has 0 aromatic carbocycles. The third-order valence-corrected chi connectivity index (χ3v) is 4.22. The molecule has 3 N–H and O–H groups in total.